The summed E-state index contributed by atoms with van der Waals surface area (Å²) in [5.41, 5.74) is 4.62. The fourth-order valence-corrected chi connectivity index (χ4v) is 3.81. The monoisotopic (exact) mass is 387 g/mol. The summed E-state index contributed by atoms with van der Waals surface area (Å²) in [7, 11) is 0. The zero-order valence-corrected chi connectivity index (χ0v) is 15.7. The van der Waals surface area contributed by atoms with E-state index in [1.165, 1.54) is 5.56 Å². The second-order valence-electron chi connectivity index (χ2n) is 6.34. The third-order valence-corrected chi connectivity index (χ3v) is 5.36. The molecule has 0 bridgehead atoms. The Labute approximate surface area is 166 Å². The first-order valence-electron chi connectivity index (χ1n) is 8.94. The van der Waals surface area contributed by atoms with Gasteiger partial charge in [0, 0.05) is 23.2 Å². The van der Waals surface area contributed by atoms with Gasteiger partial charge in [0.15, 0.2) is 5.69 Å². The molecule has 6 nitrogen and oxygen atoms in total. The Morgan fingerprint density at radius 3 is 2.64 bits per heavy atom. The van der Waals surface area contributed by atoms with Gasteiger partial charge in [-0.3, -0.25) is 0 Å². The van der Waals surface area contributed by atoms with Gasteiger partial charge in [-0.25, -0.2) is 0 Å². The minimum Gasteiger partial charge on any atom is -0.446 e. The van der Waals surface area contributed by atoms with Crippen LogP contribution >= 0.6 is 11.8 Å². The standard InChI is InChI=1S/C21H17N5OS/c1-2-7-14(8-3-1)13-28-21-24-20-18(25-26-21)15-9-4-5-10-16(15)23-19(27-20)17-11-6-12-22-17/h1-12,19,22-23H,13H2/t19-/m0/s1. The molecule has 0 spiro atoms. The van der Waals surface area contributed by atoms with Crippen molar-refractivity contribution in [2.75, 3.05) is 5.32 Å². The predicted molar refractivity (Wildman–Crippen MR) is 109 cm³/mol. The van der Waals surface area contributed by atoms with Crippen molar-refractivity contribution in [2.24, 2.45) is 0 Å². The molecular formula is C21H17N5OS. The van der Waals surface area contributed by atoms with Gasteiger partial charge >= 0.3 is 0 Å². The maximum atomic E-state index is 6.21. The Kier molecular flexibility index (Phi) is 4.42. The zero-order valence-electron chi connectivity index (χ0n) is 14.9. The Morgan fingerprint density at radius 2 is 1.79 bits per heavy atom. The number of fused-ring (bicyclic) bond motifs is 3. The SMILES string of the molecule is c1ccc(CSc2nnc3c(n2)O[C@@H](c2ccc[nH]2)Nc2ccccc2-3)cc1. The van der Waals surface area contributed by atoms with E-state index < -0.39 is 0 Å². The lowest BCUT2D eigenvalue weighted by Crippen LogP contribution is -2.17. The summed E-state index contributed by atoms with van der Waals surface area (Å²) in [5.74, 6) is 1.25. The average molecular weight is 387 g/mol. The number of ether oxygens (including phenoxy) is 1. The minimum atomic E-state index is -0.388. The van der Waals surface area contributed by atoms with Crippen LogP contribution in [0.5, 0.6) is 5.88 Å². The summed E-state index contributed by atoms with van der Waals surface area (Å²) in [6.45, 7) is 0. The van der Waals surface area contributed by atoms with E-state index in [1.807, 2.05) is 60.8 Å². The molecule has 2 aromatic heterocycles. The van der Waals surface area contributed by atoms with Crippen molar-refractivity contribution in [1.29, 1.82) is 0 Å². The maximum absolute atomic E-state index is 6.21. The highest BCUT2D eigenvalue weighted by atomic mass is 32.2. The van der Waals surface area contributed by atoms with Crippen molar-refractivity contribution >= 4 is 17.4 Å². The molecule has 2 aromatic carbocycles. The highest BCUT2D eigenvalue weighted by Crippen LogP contribution is 2.39. The van der Waals surface area contributed by atoms with Crippen LogP contribution in [-0.2, 0) is 5.75 Å². The number of nitrogens with one attached hydrogen (secondary N) is 2. The molecule has 0 aliphatic carbocycles. The number of anilines is 1. The number of hydrogen-bond donors (Lipinski definition) is 2. The van der Waals surface area contributed by atoms with Gasteiger partial charge in [0.2, 0.25) is 17.3 Å². The first-order chi connectivity index (χ1) is 13.9. The molecule has 4 aromatic rings. The lowest BCUT2D eigenvalue weighted by molar-refractivity contribution is 0.221. The first kappa shape index (κ1) is 16.8. The molecule has 0 unspecified atom stereocenters. The van der Waals surface area contributed by atoms with Crippen LogP contribution in [0.1, 0.15) is 17.5 Å². The summed E-state index contributed by atoms with van der Waals surface area (Å²) in [6.07, 6.45) is 1.48. The second kappa shape index (κ2) is 7.36. The summed E-state index contributed by atoms with van der Waals surface area (Å²) < 4.78 is 6.21. The normalized spacial score (nSPS) is 14.9. The number of aromatic nitrogens is 4. The maximum Gasteiger partial charge on any atom is 0.247 e. The van der Waals surface area contributed by atoms with Gasteiger partial charge in [0.05, 0.1) is 5.69 Å². The molecule has 0 amide bonds. The molecule has 5 rings (SSSR count). The van der Waals surface area contributed by atoms with E-state index in [2.05, 4.69) is 37.6 Å². The molecule has 0 fully saturated rings. The zero-order chi connectivity index (χ0) is 18.8. The molecule has 138 valence electrons. The number of H-pyrrole nitrogens is 1. The Balaban J connectivity index is 1.49. The van der Waals surface area contributed by atoms with Gasteiger partial charge in [-0.2, -0.15) is 4.98 Å². The first-order valence-corrected chi connectivity index (χ1v) is 9.93. The molecule has 1 aliphatic heterocycles. The molecule has 0 saturated heterocycles. The summed E-state index contributed by atoms with van der Waals surface area (Å²) >= 11 is 1.54. The number of para-hydroxylation sites is 1. The second-order valence-corrected chi connectivity index (χ2v) is 7.28. The highest BCUT2D eigenvalue weighted by molar-refractivity contribution is 7.98. The highest BCUT2D eigenvalue weighted by Gasteiger charge is 2.26. The molecule has 7 heteroatoms. The number of benzene rings is 2. The topological polar surface area (TPSA) is 75.7 Å². The van der Waals surface area contributed by atoms with E-state index in [0.29, 0.717) is 16.7 Å². The summed E-state index contributed by atoms with van der Waals surface area (Å²) in [4.78, 5) is 7.86. The fraction of sp³-hybridized carbons (Fsp3) is 0.0952. The van der Waals surface area contributed by atoms with Crippen LogP contribution in [0.2, 0.25) is 0 Å². The van der Waals surface area contributed by atoms with E-state index in [0.717, 1.165) is 22.7 Å². The van der Waals surface area contributed by atoms with Gasteiger partial charge in [-0.05, 0) is 23.8 Å². The van der Waals surface area contributed by atoms with Crippen molar-refractivity contribution in [3.8, 4) is 17.1 Å². The molecule has 1 aliphatic rings. The molecule has 0 radical (unpaired) electrons. The van der Waals surface area contributed by atoms with Crippen LogP contribution in [0.25, 0.3) is 11.3 Å². The predicted octanol–water partition coefficient (Wildman–Crippen LogP) is 4.66. The number of thioether (sulfide) groups is 1. The third-order valence-electron chi connectivity index (χ3n) is 4.45. The largest absolute Gasteiger partial charge is 0.446 e. The van der Waals surface area contributed by atoms with Crippen LogP contribution in [-0.4, -0.2) is 20.2 Å². The van der Waals surface area contributed by atoms with Gasteiger partial charge in [-0.15, -0.1) is 10.2 Å². The fourth-order valence-electron chi connectivity index (χ4n) is 3.08. The van der Waals surface area contributed by atoms with Crippen molar-refractivity contribution in [3.63, 3.8) is 0 Å². The van der Waals surface area contributed by atoms with E-state index in [4.69, 9.17) is 4.74 Å². The minimum absolute atomic E-state index is 0.388. The van der Waals surface area contributed by atoms with Crippen LogP contribution in [0.15, 0.2) is 78.1 Å². The molecule has 1 atom stereocenters. The van der Waals surface area contributed by atoms with Crippen molar-refractivity contribution in [3.05, 3.63) is 84.2 Å². The number of aromatic amines is 1. The lowest BCUT2D eigenvalue weighted by Gasteiger charge is -2.17. The average Bonchev–Trinajstić information content (AvgIpc) is 3.23. The van der Waals surface area contributed by atoms with Crippen LogP contribution in [0, 0.1) is 0 Å². The van der Waals surface area contributed by atoms with E-state index in [-0.39, 0.29) is 6.23 Å². The Hall–Kier alpha value is -3.32. The van der Waals surface area contributed by atoms with Crippen molar-refractivity contribution < 1.29 is 4.74 Å². The number of rotatable bonds is 4. The van der Waals surface area contributed by atoms with Gasteiger partial charge in [0.25, 0.3) is 0 Å². The summed E-state index contributed by atoms with van der Waals surface area (Å²) in [6, 6.07) is 22.1. The van der Waals surface area contributed by atoms with Gasteiger partial charge in [0.1, 0.15) is 0 Å². The van der Waals surface area contributed by atoms with Gasteiger partial charge < -0.3 is 15.0 Å². The Morgan fingerprint density at radius 1 is 0.929 bits per heavy atom. The van der Waals surface area contributed by atoms with Crippen molar-refractivity contribution in [2.45, 2.75) is 17.1 Å². The smallest absolute Gasteiger partial charge is 0.247 e. The van der Waals surface area contributed by atoms with Gasteiger partial charge in [-0.1, -0.05) is 60.3 Å². The van der Waals surface area contributed by atoms with Crippen LogP contribution in [0.4, 0.5) is 5.69 Å². The number of nitrogens with zero attached hydrogens (tertiary/aromatic N) is 3. The van der Waals surface area contributed by atoms with Crippen LogP contribution in [0.3, 0.4) is 0 Å². The van der Waals surface area contributed by atoms with Crippen LogP contribution < -0.4 is 10.1 Å². The summed E-state index contributed by atoms with van der Waals surface area (Å²) in [5, 5.41) is 12.8. The quantitative estimate of drug-likeness (QED) is 0.496. The van der Waals surface area contributed by atoms with E-state index in [1.54, 1.807) is 11.8 Å². The molecule has 28 heavy (non-hydrogen) atoms. The molecular weight excluding hydrogens is 370 g/mol. The Bertz CT molecular complexity index is 1090. The van der Waals surface area contributed by atoms with E-state index >= 15 is 0 Å². The molecule has 2 N–H and O–H groups in total. The van der Waals surface area contributed by atoms with Crippen molar-refractivity contribution in [1.82, 2.24) is 20.2 Å². The molecule has 3 heterocycles. The number of hydrogen-bond acceptors (Lipinski definition) is 6. The third kappa shape index (κ3) is 3.32. The lowest BCUT2D eigenvalue weighted by atomic mass is 10.1. The molecule has 0 saturated carbocycles. The van der Waals surface area contributed by atoms with E-state index in [9.17, 15) is 0 Å².